The highest BCUT2D eigenvalue weighted by Gasteiger charge is 2.01. The minimum atomic E-state index is -0.0378. The fraction of sp³-hybridized carbons (Fsp3) is 0.300. The van der Waals surface area contributed by atoms with Crippen molar-refractivity contribution in [1.29, 1.82) is 0 Å². The van der Waals surface area contributed by atoms with Gasteiger partial charge in [0.1, 0.15) is 6.29 Å². The van der Waals surface area contributed by atoms with Gasteiger partial charge in [0.25, 0.3) is 0 Å². The number of hydrogen-bond acceptors (Lipinski definition) is 1. The van der Waals surface area contributed by atoms with Gasteiger partial charge in [-0.3, -0.25) is 0 Å². The van der Waals surface area contributed by atoms with Gasteiger partial charge in [-0.2, -0.15) is 0 Å². The lowest BCUT2D eigenvalue weighted by Crippen LogP contribution is -1.97. The van der Waals surface area contributed by atoms with Crippen molar-refractivity contribution >= 4 is 6.29 Å². The highest BCUT2D eigenvalue weighted by Crippen LogP contribution is 2.09. The lowest BCUT2D eigenvalue weighted by atomic mass is 10.0. The minimum Gasteiger partial charge on any atom is -0.303 e. The van der Waals surface area contributed by atoms with E-state index in [4.69, 9.17) is 0 Å². The first-order chi connectivity index (χ1) is 5.26. The van der Waals surface area contributed by atoms with E-state index in [1.807, 2.05) is 32.1 Å². The van der Waals surface area contributed by atoms with Crippen LogP contribution in [0.5, 0.6) is 0 Å². The number of allylic oxidation sites excluding steroid dienone is 5. The average Bonchev–Trinajstić information content (AvgIpc) is 2.03. The molecule has 1 heteroatoms. The molecule has 0 saturated carbocycles. The Morgan fingerprint density at radius 3 is 2.55 bits per heavy atom. The van der Waals surface area contributed by atoms with Crippen molar-refractivity contribution in [3.8, 4) is 0 Å². The molecule has 1 nitrogen and oxygen atoms in total. The van der Waals surface area contributed by atoms with Crippen LogP contribution in [0.1, 0.15) is 13.8 Å². The molecule has 0 amide bonds. The second kappa shape index (κ2) is 5.66. The summed E-state index contributed by atoms with van der Waals surface area (Å²) in [7, 11) is 0. The summed E-state index contributed by atoms with van der Waals surface area (Å²) in [5.41, 5.74) is 0.998. The Labute approximate surface area is 68.1 Å². The van der Waals surface area contributed by atoms with Crippen molar-refractivity contribution < 1.29 is 4.79 Å². The van der Waals surface area contributed by atoms with Crippen LogP contribution in [0.15, 0.2) is 36.5 Å². The Morgan fingerprint density at radius 1 is 1.55 bits per heavy atom. The molecule has 0 spiro atoms. The van der Waals surface area contributed by atoms with Gasteiger partial charge in [-0.05, 0) is 12.5 Å². The van der Waals surface area contributed by atoms with Gasteiger partial charge in [0.2, 0.25) is 0 Å². The van der Waals surface area contributed by atoms with E-state index in [9.17, 15) is 4.79 Å². The molecule has 0 N–H and O–H groups in total. The molecule has 0 aromatic heterocycles. The van der Waals surface area contributed by atoms with Crippen molar-refractivity contribution in [1.82, 2.24) is 0 Å². The number of carbonyl (C=O) groups excluding carboxylic acids is 1. The van der Waals surface area contributed by atoms with E-state index in [1.165, 1.54) is 0 Å². The van der Waals surface area contributed by atoms with Crippen LogP contribution in [-0.4, -0.2) is 6.29 Å². The summed E-state index contributed by atoms with van der Waals surface area (Å²) in [6, 6.07) is 0. The fourth-order valence-corrected chi connectivity index (χ4v) is 0.766. The lowest BCUT2D eigenvalue weighted by Gasteiger charge is -2.02. The van der Waals surface area contributed by atoms with Crippen molar-refractivity contribution in [2.24, 2.45) is 5.92 Å². The van der Waals surface area contributed by atoms with E-state index in [-0.39, 0.29) is 5.92 Å². The molecule has 60 valence electrons. The van der Waals surface area contributed by atoms with Gasteiger partial charge in [-0.25, -0.2) is 0 Å². The summed E-state index contributed by atoms with van der Waals surface area (Å²) in [5, 5.41) is 0. The van der Waals surface area contributed by atoms with Crippen LogP contribution < -0.4 is 0 Å². The third kappa shape index (κ3) is 3.56. The van der Waals surface area contributed by atoms with Gasteiger partial charge in [-0.15, -0.1) is 0 Å². The number of aldehydes is 1. The Hall–Kier alpha value is -1.11. The summed E-state index contributed by atoms with van der Waals surface area (Å²) in [6.07, 6.45) is 8.29. The first-order valence-electron chi connectivity index (χ1n) is 3.66. The molecule has 11 heavy (non-hydrogen) atoms. The van der Waals surface area contributed by atoms with E-state index in [1.54, 1.807) is 6.08 Å². The van der Waals surface area contributed by atoms with Crippen LogP contribution in [0.4, 0.5) is 0 Å². The van der Waals surface area contributed by atoms with Gasteiger partial charge >= 0.3 is 0 Å². The molecule has 0 aliphatic rings. The smallest absolute Gasteiger partial charge is 0.127 e. The average molecular weight is 150 g/mol. The topological polar surface area (TPSA) is 17.1 Å². The zero-order valence-corrected chi connectivity index (χ0v) is 7.08. The molecule has 1 atom stereocenters. The first-order valence-corrected chi connectivity index (χ1v) is 3.66. The minimum absolute atomic E-state index is 0.0378. The van der Waals surface area contributed by atoms with E-state index in [0.29, 0.717) is 0 Å². The SMILES string of the molecule is C=C/C=C(\C=C/C)[C@H](C)C=O. The molecule has 0 bridgehead atoms. The predicted molar refractivity (Wildman–Crippen MR) is 48.3 cm³/mol. The van der Waals surface area contributed by atoms with Crippen LogP contribution in [0.2, 0.25) is 0 Å². The largest absolute Gasteiger partial charge is 0.303 e. The zero-order valence-electron chi connectivity index (χ0n) is 7.08. The third-order valence-electron chi connectivity index (χ3n) is 1.40. The van der Waals surface area contributed by atoms with E-state index < -0.39 is 0 Å². The summed E-state index contributed by atoms with van der Waals surface area (Å²) in [4.78, 5) is 10.4. The summed E-state index contributed by atoms with van der Waals surface area (Å²) >= 11 is 0. The molecule has 0 aliphatic heterocycles. The standard InChI is InChI=1S/C10H14O/c1-4-6-10(7-5-2)9(3)8-11/h4-9H,1H2,2-3H3/b7-5-,10-6+/t9-/m1/s1. The fourth-order valence-electron chi connectivity index (χ4n) is 0.766. The molecule has 0 heterocycles. The second-order valence-corrected chi connectivity index (χ2v) is 2.33. The molecule has 0 unspecified atom stereocenters. The normalized spacial score (nSPS) is 14.9. The Kier molecular flexibility index (Phi) is 5.09. The van der Waals surface area contributed by atoms with Crippen LogP contribution in [-0.2, 0) is 4.79 Å². The molecular formula is C10H14O. The van der Waals surface area contributed by atoms with Gasteiger partial charge in [-0.1, -0.05) is 37.8 Å². The molecule has 0 saturated heterocycles. The van der Waals surface area contributed by atoms with Gasteiger partial charge in [0, 0.05) is 5.92 Å². The second-order valence-electron chi connectivity index (χ2n) is 2.33. The van der Waals surface area contributed by atoms with Gasteiger partial charge in [0.15, 0.2) is 0 Å². The maximum atomic E-state index is 10.4. The lowest BCUT2D eigenvalue weighted by molar-refractivity contribution is -0.109. The maximum Gasteiger partial charge on any atom is 0.127 e. The van der Waals surface area contributed by atoms with E-state index in [2.05, 4.69) is 6.58 Å². The van der Waals surface area contributed by atoms with E-state index in [0.717, 1.165) is 11.9 Å². The summed E-state index contributed by atoms with van der Waals surface area (Å²) in [6.45, 7) is 7.36. The van der Waals surface area contributed by atoms with E-state index >= 15 is 0 Å². The van der Waals surface area contributed by atoms with Crippen molar-refractivity contribution in [2.75, 3.05) is 0 Å². The van der Waals surface area contributed by atoms with Crippen molar-refractivity contribution in [3.63, 3.8) is 0 Å². The molecule has 0 aliphatic carbocycles. The van der Waals surface area contributed by atoms with Crippen LogP contribution in [0, 0.1) is 5.92 Å². The maximum absolute atomic E-state index is 10.4. The van der Waals surface area contributed by atoms with Crippen molar-refractivity contribution in [3.05, 3.63) is 36.5 Å². The van der Waals surface area contributed by atoms with Crippen LogP contribution >= 0.6 is 0 Å². The molecule has 0 radical (unpaired) electrons. The highest BCUT2D eigenvalue weighted by atomic mass is 16.1. The molecule has 0 aromatic rings. The van der Waals surface area contributed by atoms with Gasteiger partial charge < -0.3 is 4.79 Å². The Balaban J connectivity index is 4.45. The van der Waals surface area contributed by atoms with Gasteiger partial charge in [0.05, 0.1) is 0 Å². The number of carbonyl (C=O) groups is 1. The number of hydrogen-bond donors (Lipinski definition) is 0. The number of rotatable bonds is 4. The molecule has 0 fully saturated rings. The zero-order chi connectivity index (χ0) is 8.69. The Morgan fingerprint density at radius 2 is 2.18 bits per heavy atom. The molecule has 0 aromatic carbocycles. The summed E-state index contributed by atoms with van der Waals surface area (Å²) in [5.74, 6) is -0.0378. The monoisotopic (exact) mass is 150 g/mol. The van der Waals surface area contributed by atoms with Crippen molar-refractivity contribution in [2.45, 2.75) is 13.8 Å². The third-order valence-corrected chi connectivity index (χ3v) is 1.40. The van der Waals surface area contributed by atoms with Crippen LogP contribution in [0.25, 0.3) is 0 Å². The highest BCUT2D eigenvalue weighted by molar-refractivity contribution is 5.60. The summed E-state index contributed by atoms with van der Waals surface area (Å²) < 4.78 is 0. The molecular weight excluding hydrogens is 136 g/mol. The quantitative estimate of drug-likeness (QED) is 0.444. The van der Waals surface area contributed by atoms with Crippen LogP contribution in [0.3, 0.4) is 0 Å². The first kappa shape index (κ1) is 9.89. The molecule has 0 rings (SSSR count). The predicted octanol–water partition coefficient (Wildman–Crippen LogP) is 2.51. The Bertz CT molecular complexity index is 187.